The molecule has 1 amide bonds. The summed E-state index contributed by atoms with van der Waals surface area (Å²) in [7, 11) is 0. The van der Waals surface area contributed by atoms with Gasteiger partial charge in [0.1, 0.15) is 11.5 Å². The Morgan fingerprint density at radius 1 is 1.25 bits per heavy atom. The van der Waals surface area contributed by atoms with Crippen molar-refractivity contribution in [3.8, 4) is 0 Å². The predicted octanol–water partition coefficient (Wildman–Crippen LogP) is 2.22. The number of amides is 1. The second-order valence-corrected chi connectivity index (χ2v) is 6.21. The molecule has 3 rings (SSSR count). The molecule has 2 saturated heterocycles. The molecule has 0 aliphatic carbocycles. The maximum absolute atomic E-state index is 12.8. The highest BCUT2D eigenvalue weighted by molar-refractivity contribution is 5.80. The number of anilines is 1. The monoisotopic (exact) mass is 343 g/mol. The van der Waals surface area contributed by atoms with Gasteiger partial charge in [-0.1, -0.05) is 6.07 Å². The fourth-order valence-corrected chi connectivity index (χ4v) is 3.10. The zero-order chi connectivity index (χ0) is 17.2. The molecule has 0 aromatic carbocycles. The molecule has 0 spiro atoms. The smallest absolute Gasteiger partial charge is 0.381 e. The molecule has 0 bridgehead atoms. The second-order valence-electron chi connectivity index (χ2n) is 6.21. The number of carbonyl (C=O) groups excluding carboxylic acids is 1. The number of rotatable bonds is 3. The first-order valence-corrected chi connectivity index (χ1v) is 8.11. The number of nitrogens with one attached hydrogen (secondary N) is 1. The van der Waals surface area contributed by atoms with Gasteiger partial charge in [0.15, 0.2) is 0 Å². The molecule has 5 nitrogen and oxygen atoms in total. The Labute approximate surface area is 138 Å². The van der Waals surface area contributed by atoms with E-state index in [4.69, 9.17) is 4.74 Å². The fourth-order valence-electron chi connectivity index (χ4n) is 3.10. The van der Waals surface area contributed by atoms with Crippen LogP contribution < -0.4 is 10.2 Å². The third kappa shape index (κ3) is 3.98. The molecule has 1 atom stereocenters. The summed E-state index contributed by atoms with van der Waals surface area (Å²) in [5.41, 5.74) is -0.907. The van der Waals surface area contributed by atoms with Gasteiger partial charge in [-0.05, 0) is 31.4 Å². The van der Waals surface area contributed by atoms with E-state index >= 15 is 0 Å². The van der Waals surface area contributed by atoms with Crippen molar-refractivity contribution in [1.29, 1.82) is 0 Å². The molecule has 1 N–H and O–H groups in total. The number of aromatic nitrogens is 1. The molecule has 132 valence electrons. The highest BCUT2D eigenvalue weighted by Gasteiger charge is 2.34. The van der Waals surface area contributed by atoms with Crippen molar-refractivity contribution in [2.24, 2.45) is 5.92 Å². The number of halogens is 3. The van der Waals surface area contributed by atoms with Gasteiger partial charge in [-0.25, -0.2) is 4.98 Å². The summed E-state index contributed by atoms with van der Waals surface area (Å²) in [6, 6.07) is 3.98. The Hall–Kier alpha value is -1.83. The third-order valence-electron chi connectivity index (χ3n) is 4.48. The van der Waals surface area contributed by atoms with E-state index in [0.29, 0.717) is 32.7 Å². The van der Waals surface area contributed by atoms with Crippen LogP contribution in [0.2, 0.25) is 0 Å². The van der Waals surface area contributed by atoms with Crippen molar-refractivity contribution in [3.63, 3.8) is 0 Å². The summed E-state index contributed by atoms with van der Waals surface area (Å²) in [4.78, 5) is 17.8. The first-order valence-electron chi connectivity index (χ1n) is 8.11. The van der Waals surface area contributed by atoms with Gasteiger partial charge >= 0.3 is 6.18 Å². The molecule has 2 aliphatic heterocycles. The molecule has 3 heterocycles. The maximum atomic E-state index is 12.8. The lowest BCUT2D eigenvalue weighted by Crippen LogP contribution is -2.42. The van der Waals surface area contributed by atoms with E-state index in [9.17, 15) is 18.0 Å². The van der Waals surface area contributed by atoms with E-state index in [1.807, 2.05) is 0 Å². The van der Waals surface area contributed by atoms with Crippen molar-refractivity contribution in [3.05, 3.63) is 23.9 Å². The maximum Gasteiger partial charge on any atom is 0.433 e. The zero-order valence-electron chi connectivity index (χ0n) is 13.2. The summed E-state index contributed by atoms with van der Waals surface area (Å²) in [6.07, 6.45) is -2.24. The minimum Gasteiger partial charge on any atom is -0.381 e. The topological polar surface area (TPSA) is 54.5 Å². The first-order chi connectivity index (χ1) is 11.4. The fraction of sp³-hybridized carbons (Fsp3) is 0.625. The van der Waals surface area contributed by atoms with Crippen LogP contribution in [0, 0.1) is 5.92 Å². The van der Waals surface area contributed by atoms with Crippen molar-refractivity contribution in [1.82, 2.24) is 10.3 Å². The summed E-state index contributed by atoms with van der Waals surface area (Å²) in [6.45, 7) is 2.22. The highest BCUT2D eigenvalue weighted by Crippen LogP contribution is 2.30. The van der Waals surface area contributed by atoms with E-state index in [0.717, 1.165) is 18.9 Å². The van der Waals surface area contributed by atoms with E-state index in [1.54, 1.807) is 11.0 Å². The summed E-state index contributed by atoms with van der Waals surface area (Å²) in [5, 5.41) is 3.02. The van der Waals surface area contributed by atoms with E-state index in [1.165, 1.54) is 6.07 Å². The SMILES string of the molecule is O=C(NC1CCOCC1)C1CCN(c2cccc(C(F)(F)F)n2)C1. The van der Waals surface area contributed by atoms with E-state index in [-0.39, 0.29) is 23.7 Å². The molecule has 24 heavy (non-hydrogen) atoms. The summed E-state index contributed by atoms with van der Waals surface area (Å²) in [5.74, 6) is 0.0201. The number of nitrogens with zero attached hydrogens (tertiary/aromatic N) is 2. The number of hydrogen-bond donors (Lipinski definition) is 1. The normalized spacial score (nSPS) is 22.6. The van der Waals surface area contributed by atoms with Crippen LogP contribution in [-0.2, 0) is 15.7 Å². The van der Waals surface area contributed by atoms with Crippen LogP contribution in [0.15, 0.2) is 18.2 Å². The molecule has 0 radical (unpaired) electrons. The molecular weight excluding hydrogens is 323 g/mol. The zero-order valence-corrected chi connectivity index (χ0v) is 13.2. The van der Waals surface area contributed by atoms with E-state index in [2.05, 4.69) is 10.3 Å². The standard InChI is InChI=1S/C16H20F3N3O2/c17-16(18,19)13-2-1-3-14(21-13)22-7-4-11(10-22)15(23)20-12-5-8-24-9-6-12/h1-3,11-12H,4-10H2,(H,20,23). The average Bonchev–Trinajstić information content (AvgIpc) is 3.05. The van der Waals surface area contributed by atoms with Gasteiger partial charge < -0.3 is 15.0 Å². The number of carbonyl (C=O) groups is 1. The highest BCUT2D eigenvalue weighted by atomic mass is 19.4. The lowest BCUT2D eigenvalue weighted by atomic mass is 10.1. The van der Waals surface area contributed by atoms with Gasteiger partial charge in [0.05, 0.1) is 5.92 Å². The Kier molecular flexibility index (Phi) is 4.93. The van der Waals surface area contributed by atoms with Gasteiger partial charge in [0.25, 0.3) is 0 Å². The Morgan fingerprint density at radius 2 is 2.00 bits per heavy atom. The van der Waals surface area contributed by atoms with Crippen LogP contribution in [0.3, 0.4) is 0 Å². The minimum absolute atomic E-state index is 0.0311. The van der Waals surface area contributed by atoms with Crippen LogP contribution in [0.4, 0.5) is 19.0 Å². The van der Waals surface area contributed by atoms with Crippen LogP contribution in [0.1, 0.15) is 25.0 Å². The molecule has 2 aliphatic rings. The van der Waals surface area contributed by atoms with Crippen molar-refractivity contribution in [2.75, 3.05) is 31.2 Å². The number of alkyl halides is 3. The number of pyridine rings is 1. The van der Waals surface area contributed by atoms with Crippen LogP contribution >= 0.6 is 0 Å². The average molecular weight is 343 g/mol. The largest absolute Gasteiger partial charge is 0.433 e. The quantitative estimate of drug-likeness (QED) is 0.914. The van der Waals surface area contributed by atoms with E-state index < -0.39 is 11.9 Å². The van der Waals surface area contributed by atoms with Crippen molar-refractivity contribution < 1.29 is 22.7 Å². The number of hydrogen-bond acceptors (Lipinski definition) is 4. The molecule has 8 heteroatoms. The molecule has 1 aromatic heterocycles. The Morgan fingerprint density at radius 3 is 2.71 bits per heavy atom. The summed E-state index contributed by atoms with van der Waals surface area (Å²) < 4.78 is 43.6. The second kappa shape index (κ2) is 6.96. The molecule has 0 saturated carbocycles. The molecule has 2 fully saturated rings. The van der Waals surface area contributed by atoms with Gasteiger partial charge in [-0.3, -0.25) is 4.79 Å². The van der Waals surface area contributed by atoms with Crippen molar-refractivity contribution >= 4 is 11.7 Å². The molecular formula is C16H20F3N3O2. The van der Waals surface area contributed by atoms with Gasteiger partial charge in [0.2, 0.25) is 5.91 Å². The Bertz CT molecular complexity index is 588. The molecule has 1 unspecified atom stereocenters. The van der Waals surface area contributed by atoms with Crippen LogP contribution in [-0.4, -0.2) is 43.2 Å². The van der Waals surface area contributed by atoms with Gasteiger partial charge in [0, 0.05) is 32.3 Å². The van der Waals surface area contributed by atoms with Crippen LogP contribution in [0.5, 0.6) is 0 Å². The third-order valence-corrected chi connectivity index (χ3v) is 4.48. The van der Waals surface area contributed by atoms with Gasteiger partial charge in [-0.15, -0.1) is 0 Å². The summed E-state index contributed by atoms with van der Waals surface area (Å²) >= 11 is 0. The van der Waals surface area contributed by atoms with Crippen LogP contribution in [0.25, 0.3) is 0 Å². The minimum atomic E-state index is -4.46. The first kappa shape index (κ1) is 17.0. The lowest BCUT2D eigenvalue weighted by Gasteiger charge is -2.24. The Balaban J connectivity index is 1.59. The molecule has 1 aromatic rings. The predicted molar refractivity (Wildman–Crippen MR) is 81.5 cm³/mol. The van der Waals surface area contributed by atoms with Gasteiger partial charge in [-0.2, -0.15) is 13.2 Å². The number of ether oxygens (including phenoxy) is 1. The van der Waals surface area contributed by atoms with Crippen molar-refractivity contribution in [2.45, 2.75) is 31.5 Å². The lowest BCUT2D eigenvalue weighted by molar-refractivity contribution is -0.141.